The van der Waals surface area contributed by atoms with Gasteiger partial charge in [0.05, 0.1) is 6.04 Å². The van der Waals surface area contributed by atoms with Crippen LogP contribution in [0.5, 0.6) is 0 Å². The molecule has 0 aliphatic carbocycles. The van der Waals surface area contributed by atoms with Gasteiger partial charge in [0.1, 0.15) is 6.17 Å². The number of thiophene rings is 1. The Kier molecular flexibility index (Phi) is 4.76. The first-order chi connectivity index (χ1) is 9.04. The molecule has 1 amide bonds. The predicted molar refractivity (Wildman–Crippen MR) is 79.5 cm³/mol. The van der Waals surface area contributed by atoms with Crippen molar-refractivity contribution < 1.29 is 9.00 Å². The minimum absolute atomic E-state index is 0.0116. The molecule has 1 N–H and O–H groups in total. The Morgan fingerprint density at radius 1 is 1.58 bits per heavy atom. The minimum Gasteiger partial charge on any atom is -0.320 e. The maximum absolute atomic E-state index is 12.4. The van der Waals surface area contributed by atoms with E-state index in [1.807, 2.05) is 30.2 Å². The maximum atomic E-state index is 12.4. The molecule has 1 aromatic rings. The van der Waals surface area contributed by atoms with Gasteiger partial charge in [0.2, 0.25) is 5.91 Å². The van der Waals surface area contributed by atoms with Crippen LogP contribution in [-0.2, 0) is 15.6 Å². The van der Waals surface area contributed by atoms with Gasteiger partial charge in [-0.3, -0.25) is 14.3 Å². The van der Waals surface area contributed by atoms with Crippen LogP contribution < -0.4 is 5.32 Å². The molecule has 4 unspecified atom stereocenters. The largest absolute Gasteiger partial charge is 0.320 e. The van der Waals surface area contributed by atoms with Gasteiger partial charge in [0, 0.05) is 28.9 Å². The lowest BCUT2D eigenvalue weighted by atomic mass is 10.2. The summed E-state index contributed by atoms with van der Waals surface area (Å²) in [6.45, 7) is 4.46. The third-order valence-corrected chi connectivity index (χ3v) is 5.52. The fraction of sp³-hybridized carbons (Fsp3) is 0.615. The molecule has 1 aliphatic heterocycles. The average molecular weight is 300 g/mol. The highest BCUT2D eigenvalue weighted by molar-refractivity contribution is 7.84. The average Bonchev–Trinajstić information content (AvgIpc) is 2.99. The summed E-state index contributed by atoms with van der Waals surface area (Å²) in [6, 6.07) is 1.91. The van der Waals surface area contributed by atoms with E-state index in [0.29, 0.717) is 6.54 Å². The molecule has 1 aliphatic rings. The molecule has 2 rings (SSSR count). The molecule has 0 aromatic carbocycles. The summed E-state index contributed by atoms with van der Waals surface area (Å²) in [5, 5.41) is 7.43. The number of carbonyl (C=O) groups is 1. The first-order valence-corrected chi connectivity index (χ1v) is 9.01. The number of hydrogen-bond donors (Lipinski definition) is 1. The fourth-order valence-corrected chi connectivity index (χ4v) is 3.31. The normalized spacial score (nSPS) is 26.7. The summed E-state index contributed by atoms with van der Waals surface area (Å²) in [5.41, 5.74) is 1.11. The fourth-order valence-electron chi connectivity index (χ4n) is 2.26. The van der Waals surface area contributed by atoms with Gasteiger partial charge in [-0.1, -0.05) is 6.92 Å². The molecule has 0 radical (unpaired) electrons. The molecule has 19 heavy (non-hydrogen) atoms. The van der Waals surface area contributed by atoms with Gasteiger partial charge < -0.3 is 4.90 Å². The molecule has 1 aromatic heterocycles. The highest BCUT2D eigenvalue weighted by atomic mass is 32.2. The first-order valence-electron chi connectivity index (χ1n) is 6.45. The van der Waals surface area contributed by atoms with E-state index < -0.39 is 10.8 Å². The van der Waals surface area contributed by atoms with Gasteiger partial charge in [0.25, 0.3) is 0 Å². The monoisotopic (exact) mass is 300 g/mol. The Labute approximate surface area is 120 Å². The summed E-state index contributed by atoms with van der Waals surface area (Å²) in [7, 11) is -0.915. The number of nitrogens with one attached hydrogen (secondary N) is 1. The number of carbonyl (C=O) groups excluding carboxylic acids is 1. The summed E-state index contributed by atoms with van der Waals surface area (Å²) in [6.07, 6.45) is 2.39. The van der Waals surface area contributed by atoms with E-state index in [9.17, 15) is 9.00 Å². The van der Waals surface area contributed by atoms with Gasteiger partial charge in [-0.05, 0) is 35.7 Å². The van der Waals surface area contributed by atoms with E-state index in [1.54, 1.807) is 17.6 Å². The number of amides is 1. The van der Waals surface area contributed by atoms with Gasteiger partial charge in [-0.15, -0.1) is 0 Å². The molecule has 4 nitrogen and oxygen atoms in total. The zero-order chi connectivity index (χ0) is 14.0. The van der Waals surface area contributed by atoms with Crippen molar-refractivity contribution in [1.29, 1.82) is 0 Å². The topological polar surface area (TPSA) is 49.4 Å². The van der Waals surface area contributed by atoms with Crippen molar-refractivity contribution in [2.75, 3.05) is 12.8 Å². The number of hydrogen-bond acceptors (Lipinski definition) is 4. The van der Waals surface area contributed by atoms with Crippen molar-refractivity contribution in [2.45, 2.75) is 37.7 Å². The van der Waals surface area contributed by atoms with Gasteiger partial charge in [-0.25, -0.2) is 0 Å². The van der Waals surface area contributed by atoms with E-state index in [1.165, 1.54) is 0 Å². The third-order valence-electron chi connectivity index (χ3n) is 3.54. The van der Waals surface area contributed by atoms with Gasteiger partial charge in [0.15, 0.2) is 0 Å². The Bertz CT molecular complexity index is 461. The van der Waals surface area contributed by atoms with Crippen molar-refractivity contribution >= 4 is 28.0 Å². The Balaban J connectivity index is 2.20. The molecule has 2 heterocycles. The van der Waals surface area contributed by atoms with Crippen molar-refractivity contribution in [3.05, 3.63) is 22.4 Å². The van der Waals surface area contributed by atoms with Crippen LogP contribution in [0.2, 0.25) is 0 Å². The smallest absolute Gasteiger partial charge is 0.241 e. The third kappa shape index (κ3) is 3.07. The van der Waals surface area contributed by atoms with E-state index in [4.69, 9.17) is 0 Å². The van der Waals surface area contributed by atoms with Crippen molar-refractivity contribution in [1.82, 2.24) is 10.2 Å². The second kappa shape index (κ2) is 6.15. The molecule has 6 heteroatoms. The van der Waals surface area contributed by atoms with E-state index >= 15 is 0 Å². The van der Waals surface area contributed by atoms with Crippen LogP contribution in [0.1, 0.15) is 32.0 Å². The molecule has 1 saturated heterocycles. The van der Waals surface area contributed by atoms with Crippen LogP contribution in [0.15, 0.2) is 16.8 Å². The Morgan fingerprint density at radius 3 is 2.84 bits per heavy atom. The molecule has 106 valence electrons. The molecule has 0 saturated carbocycles. The van der Waals surface area contributed by atoms with Crippen molar-refractivity contribution in [3.8, 4) is 0 Å². The lowest BCUT2D eigenvalue weighted by molar-refractivity contribution is -0.130. The van der Waals surface area contributed by atoms with Crippen LogP contribution >= 0.6 is 11.3 Å². The highest BCUT2D eigenvalue weighted by Gasteiger charge is 2.39. The quantitative estimate of drug-likeness (QED) is 0.901. The first kappa shape index (κ1) is 14.7. The van der Waals surface area contributed by atoms with Crippen LogP contribution in [0.3, 0.4) is 0 Å². The van der Waals surface area contributed by atoms with Crippen LogP contribution in [0.4, 0.5) is 0 Å². The summed E-state index contributed by atoms with van der Waals surface area (Å²) < 4.78 is 11.5. The second-order valence-electron chi connectivity index (χ2n) is 4.89. The SMILES string of the molecule is CCC1NC(c2ccsc2)N(CC(C)S(C)=O)C1=O. The Morgan fingerprint density at radius 2 is 2.32 bits per heavy atom. The van der Waals surface area contributed by atoms with E-state index in [2.05, 4.69) is 10.7 Å². The standard InChI is InChI=1S/C13H20N2O2S2/c1-4-11-13(16)15(7-9(2)19(3)17)12(14-11)10-5-6-18-8-10/h5-6,8-9,11-12,14H,4,7H2,1-3H3. The number of rotatable bonds is 5. The lowest BCUT2D eigenvalue weighted by Crippen LogP contribution is -2.37. The molecule has 0 spiro atoms. The van der Waals surface area contributed by atoms with Crippen LogP contribution in [0.25, 0.3) is 0 Å². The molecule has 1 fully saturated rings. The molecular weight excluding hydrogens is 280 g/mol. The van der Waals surface area contributed by atoms with Crippen molar-refractivity contribution in [2.24, 2.45) is 0 Å². The van der Waals surface area contributed by atoms with Gasteiger partial charge >= 0.3 is 0 Å². The zero-order valence-electron chi connectivity index (χ0n) is 11.5. The van der Waals surface area contributed by atoms with E-state index in [0.717, 1.165) is 12.0 Å². The lowest BCUT2D eigenvalue weighted by Gasteiger charge is -2.26. The van der Waals surface area contributed by atoms with Crippen molar-refractivity contribution in [3.63, 3.8) is 0 Å². The molecule has 4 atom stereocenters. The summed E-state index contributed by atoms with van der Waals surface area (Å²) in [4.78, 5) is 14.2. The highest BCUT2D eigenvalue weighted by Crippen LogP contribution is 2.28. The summed E-state index contributed by atoms with van der Waals surface area (Å²) in [5.74, 6) is 0.121. The predicted octanol–water partition coefficient (Wildman–Crippen LogP) is 1.72. The number of nitrogens with zero attached hydrogens (tertiary/aromatic N) is 1. The van der Waals surface area contributed by atoms with Crippen LogP contribution in [-0.4, -0.2) is 39.1 Å². The molecule has 0 bridgehead atoms. The maximum Gasteiger partial charge on any atom is 0.241 e. The Hall–Kier alpha value is -0.720. The second-order valence-corrected chi connectivity index (χ2v) is 7.47. The van der Waals surface area contributed by atoms with E-state index in [-0.39, 0.29) is 23.4 Å². The minimum atomic E-state index is -0.915. The molecular formula is C13H20N2O2S2. The zero-order valence-corrected chi connectivity index (χ0v) is 13.1. The summed E-state index contributed by atoms with van der Waals surface area (Å²) >= 11 is 1.63. The van der Waals surface area contributed by atoms with Crippen LogP contribution in [0, 0.1) is 0 Å². The van der Waals surface area contributed by atoms with Gasteiger partial charge in [-0.2, -0.15) is 11.3 Å².